The van der Waals surface area contributed by atoms with E-state index in [9.17, 15) is 4.79 Å². The first kappa shape index (κ1) is 7.73. The Bertz CT molecular complexity index is 112. The summed E-state index contributed by atoms with van der Waals surface area (Å²) < 4.78 is 5.16. The molecular weight excluding hydrogens is 128 g/mol. The molecule has 0 aromatic carbocycles. The molecule has 2 heteroatoms. The van der Waals surface area contributed by atoms with Gasteiger partial charge in [0.25, 0.3) is 0 Å². The highest BCUT2D eigenvalue weighted by Crippen LogP contribution is 2.23. The Morgan fingerprint density at radius 3 is 2.90 bits per heavy atom. The summed E-state index contributed by atoms with van der Waals surface area (Å²) in [6.45, 7) is 0. The van der Waals surface area contributed by atoms with Crippen molar-refractivity contribution in [2.75, 3.05) is 7.11 Å². The van der Waals surface area contributed by atoms with Crippen LogP contribution in [0.2, 0.25) is 0 Å². The molecular formula is C8H14O2. The van der Waals surface area contributed by atoms with Crippen molar-refractivity contribution in [2.45, 2.75) is 31.8 Å². The summed E-state index contributed by atoms with van der Waals surface area (Å²) in [7, 11) is 1.72. The smallest absolute Gasteiger partial charge is 0.123 e. The van der Waals surface area contributed by atoms with Gasteiger partial charge in [-0.2, -0.15) is 0 Å². The van der Waals surface area contributed by atoms with Gasteiger partial charge < -0.3 is 9.53 Å². The van der Waals surface area contributed by atoms with Gasteiger partial charge in [0.05, 0.1) is 6.10 Å². The number of carbonyl (C=O) groups is 1. The lowest BCUT2D eigenvalue weighted by atomic mass is 9.88. The summed E-state index contributed by atoms with van der Waals surface area (Å²) in [5.74, 6) is 0.263. The zero-order valence-corrected chi connectivity index (χ0v) is 6.38. The molecule has 0 spiro atoms. The van der Waals surface area contributed by atoms with Gasteiger partial charge in [-0.15, -0.1) is 0 Å². The van der Waals surface area contributed by atoms with Crippen LogP contribution < -0.4 is 0 Å². The molecule has 0 radical (unpaired) electrons. The molecule has 0 unspecified atom stereocenters. The molecule has 0 N–H and O–H groups in total. The van der Waals surface area contributed by atoms with Gasteiger partial charge in [-0.05, 0) is 19.3 Å². The van der Waals surface area contributed by atoms with Gasteiger partial charge >= 0.3 is 0 Å². The minimum absolute atomic E-state index is 0.263. The third-order valence-electron chi connectivity index (χ3n) is 2.19. The van der Waals surface area contributed by atoms with E-state index in [-0.39, 0.29) is 5.92 Å². The topological polar surface area (TPSA) is 26.3 Å². The molecule has 1 aliphatic carbocycles. The summed E-state index contributed by atoms with van der Waals surface area (Å²) in [5, 5.41) is 0. The molecule has 1 saturated carbocycles. The van der Waals surface area contributed by atoms with Gasteiger partial charge in [-0.3, -0.25) is 0 Å². The highest BCUT2D eigenvalue weighted by molar-refractivity contribution is 5.53. The molecule has 1 aliphatic rings. The van der Waals surface area contributed by atoms with Crippen LogP contribution in [0, 0.1) is 5.92 Å². The molecule has 0 bridgehead atoms. The van der Waals surface area contributed by atoms with Gasteiger partial charge in [0.2, 0.25) is 0 Å². The molecule has 2 atom stereocenters. The fourth-order valence-corrected chi connectivity index (χ4v) is 1.52. The van der Waals surface area contributed by atoms with E-state index in [2.05, 4.69) is 0 Å². The summed E-state index contributed by atoms with van der Waals surface area (Å²) in [5.41, 5.74) is 0. The predicted molar refractivity (Wildman–Crippen MR) is 38.8 cm³/mol. The molecule has 1 fully saturated rings. The van der Waals surface area contributed by atoms with E-state index >= 15 is 0 Å². The van der Waals surface area contributed by atoms with Gasteiger partial charge in [0, 0.05) is 13.0 Å². The van der Waals surface area contributed by atoms with Crippen LogP contribution in [0.25, 0.3) is 0 Å². The minimum Gasteiger partial charge on any atom is -0.381 e. The largest absolute Gasteiger partial charge is 0.381 e. The molecule has 0 saturated heterocycles. The summed E-state index contributed by atoms with van der Waals surface area (Å²) in [6.07, 6.45) is 5.65. The van der Waals surface area contributed by atoms with Gasteiger partial charge in [-0.1, -0.05) is 6.42 Å². The maximum Gasteiger partial charge on any atom is 0.123 e. The standard InChI is InChI=1S/C8H14O2/c1-10-8-4-2-3-7(5-8)6-9/h6-8H,2-5H2,1H3/t7-,8-/m0/s1. The Morgan fingerprint density at radius 1 is 1.50 bits per heavy atom. The van der Waals surface area contributed by atoms with Gasteiger partial charge in [-0.25, -0.2) is 0 Å². The Balaban J connectivity index is 2.31. The second-order valence-electron chi connectivity index (χ2n) is 2.92. The van der Waals surface area contributed by atoms with Crippen LogP contribution in [0.4, 0.5) is 0 Å². The molecule has 0 aliphatic heterocycles. The number of ether oxygens (including phenoxy) is 1. The van der Waals surface area contributed by atoms with Crippen LogP contribution in [0.3, 0.4) is 0 Å². The molecule has 0 heterocycles. The number of methoxy groups -OCH3 is 1. The highest BCUT2D eigenvalue weighted by Gasteiger charge is 2.20. The first-order valence-electron chi connectivity index (χ1n) is 3.85. The van der Waals surface area contributed by atoms with Crippen LogP contribution in [0.5, 0.6) is 0 Å². The van der Waals surface area contributed by atoms with Crippen LogP contribution in [0.15, 0.2) is 0 Å². The van der Waals surface area contributed by atoms with Crippen molar-refractivity contribution >= 4 is 6.29 Å². The fraction of sp³-hybridized carbons (Fsp3) is 0.875. The van der Waals surface area contributed by atoms with Crippen LogP contribution in [-0.2, 0) is 9.53 Å². The van der Waals surface area contributed by atoms with Crippen molar-refractivity contribution in [1.82, 2.24) is 0 Å². The molecule has 2 nitrogen and oxygen atoms in total. The Kier molecular flexibility index (Phi) is 2.87. The van der Waals surface area contributed by atoms with E-state index in [0.29, 0.717) is 6.10 Å². The van der Waals surface area contributed by atoms with Crippen molar-refractivity contribution in [3.05, 3.63) is 0 Å². The van der Waals surface area contributed by atoms with E-state index in [1.165, 1.54) is 0 Å². The molecule has 0 aromatic heterocycles. The Hall–Kier alpha value is -0.370. The van der Waals surface area contributed by atoms with Crippen molar-refractivity contribution < 1.29 is 9.53 Å². The third-order valence-corrected chi connectivity index (χ3v) is 2.19. The molecule has 0 aromatic rings. The molecule has 10 heavy (non-hydrogen) atoms. The fourth-order valence-electron chi connectivity index (χ4n) is 1.52. The van der Waals surface area contributed by atoms with Crippen molar-refractivity contribution in [1.29, 1.82) is 0 Å². The van der Waals surface area contributed by atoms with E-state index in [0.717, 1.165) is 32.0 Å². The predicted octanol–water partition coefficient (Wildman–Crippen LogP) is 1.39. The Labute approximate surface area is 61.6 Å². The van der Waals surface area contributed by atoms with E-state index < -0.39 is 0 Å². The quantitative estimate of drug-likeness (QED) is 0.544. The lowest BCUT2D eigenvalue weighted by Gasteiger charge is -2.24. The number of hydrogen-bond donors (Lipinski definition) is 0. The van der Waals surface area contributed by atoms with Crippen molar-refractivity contribution in [3.8, 4) is 0 Å². The maximum absolute atomic E-state index is 10.4. The lowest BCUT2D eigenvalue weighted by Crippen LogP contribution is -2.22. The number of hydrogen-bond acceptors (Lipinski definition) is 2. The van der Waals surface area contributed by atoms with E-state index in [4.69, 9.17) is 4.74 Å². The highest BCUT2D eigenvalue weighted by atomic mass is 16.5. The molecule has 58 valence electrons. The maximum atomic E-state index is 10.4. The van der Waals surface area contributed by atoms with Crippen LogP contribution in [0.1, 0.15) is 25.7 Å². The lowest BCUT2D eigenvalue weighted by molar-refractivity contribution is -0.113. The average Bonchev–Trinajstić information content (AvgIpc) is 2.05. The minimum atomic E-state index is 0.263. The first-order valence-corrected chi connectivity index (χ1v) is 3.85. The number of rotatable bonds is 2. The molecule has 0 amide bonds. The van der Waals surface area contributed by atoms with Gasteiger partial charge in [0.15, 0.2) is 0 Å². The van der Waals surface area contributed by atoms with Crippen LogP contribution in [-0.4, -0.2) is 19.5 Å². The Morgan fingerprint density at radius 2 is 2.30 bits per heavy atom. The van der Waals surface area contributed by atoms with E-state index in [1.807, 2.05) is 0 Å². The first-order chi connectivity index (χ1) is 4.86. The van der Waals surface area contributed by atoms with Crippen molar-refractivity contribution in [3.63, 3.8) is 0 Å². The van der Waals surface area contributed by atoms with Gasteiger partial charge in [0.1, 0.15) is 6.29 Å². The van der Waals surface area contributed by atoms with Crippen LogP contribution >= 0.6 is 0 Å². The third kappa shape index (κ3) is 1.81. The summed E-state index contributed by atoms with van der Waals surface area (Å²) in [4.78, 5) is 10.4. The zero-order chi connectivity index (χ0) is 7.40. The second-order valence-corrected chi connectivity index (χ2v) is 2.92. The zero-order valence-electron chi connectivity index (χ0n) is 6.38. The normalized spacial score (nSPS) is 33.7. The second kappa shape index (κ2) is 3.71. The summed E-state index contributed by atoms with van der Waals surface area (Å²) >= 11 is 0. The van der Waals surface area contributed by atoms with Crippen molar-refractivity contribution in [2.24, 2.45) is 5.92 Å². The molecule has 1 rings (SSSR count). The monoisotopic (exact) mass is 142 g/mol. The number of carbonyl (C=O) groups excluding carboxylic acids is 1. The number of aldehydes is 1. The average molecular weight is 142 g/mol. The summed E-state index contributed by atoms with van der Waals surface area (Å²) in [6, 6.07) is 0. The SMILES string of the molecule is CO[C@H]1CCC[C@H](C=O)C1. The van der Waals surface area contributed by atoms with E-state index in [1.54, 1.807) is 7.11 Å².